The predicted octanol–water partition coefficient (Wildman–Crippen LogP) is 1.75. The second-order valence-electron chi connectivity index (χ2n) is 4.30. The van der Waals surface area contributed by atoms with Gasteiger partial charge < -0.3 is 19.5 Å². The van der Waals surface area contributed by atoms with Gasteiger partial charge in [0.25, 0.3) is 0 Å². The molecule has 21 heavy (non-hydrogen) atoms. The molecule has 0 amide bonds. The first kappa shape index (κ1) is 15.6. The molecule has 0 atom stereocenters. The summed E-state index contributed by atoms with van der Waals surface area (Å²) in [7, 11) is -0.125. The van der Waals surface area contributed by atoms with Gasteiger partial charge in [-0.15, -0.1) is 0 Å². The molecule has 2 aromatic rings. The molecule has 0 aliphatic heterocycles. The summed E-state index contributed by atoms with van der Waals surface area (Å²) >= 11 is 5.59. The maximum absolute atomic E-state index is 13.3. The summed E-state index contributed by atoms with van der Waals surface area (Å²) < 4.78 is 23.8. The van der Waals surface area contributed by atoms with Crippen LogP contribution in [0.3, 0.4) is 0 Å². The maximum atomic E-state index is 13.3. The fourth-order valence-electron chi connectivity index (χ4n) is 1.81. The predicted molar refractivity (Wildman–Crippen MR) is 78.6 cm³/mol. The zero-order chi connectivity index (χ0) is 15.4. The van der Waals surface area contributed by atoms with Gasteiger partial charge in [-0.1, -0.05) is 17.7 Å². The Hall–Kier alpha value is -1.76. The highest BCUT2D eigenvalue weighted by molar-refractivity contribution is 6.59. The van der Waals surface area contributed by atoms with Gasteiger partial charge in [-0.25, -0.2) is 4.39 Å². The van der Waals surface area contributed by atoms with E-state index in [4.69, 9.17) is 21.1 Å². The lowest BCUT2D eigenvalue weighted by molar-refractivity contribution is 0.303. The Morgan fingerprint density at radius 1 is 1.14 bits per heavy atom. The molecule has 0 saturated carbocycles. The lowest BCUT2D eigenvalue weighted by Gasteiger charge is -2.12. The van der Waals surface area contributed by atoms with Crippen LogP contribution in [0.4, 0.5) is 4.39 Å². The van der Waals surface area contributed by atoms with Crippen LogP contribution in [0, 0.1) is 5.82 Å². The Balaban J connectivity index is 2.19. The van der Waals surface area contributed by atoms with E-state index >= 15 is 0 Å². The van der Waals surface area contributed by atoms with Crippen LogP contribution < -0.4 is 14.9 Å². The highest BCUT2D eigenvalue weighted by atomic mass is 35.5. The number of ether oxygens (including phenoxy) is 2. The van der Waals surface area contributed by atoms with Crippen molar-refractivity contribution in [3.8, 4) is 11.5 Å². The number of methoxy groups -OCH3 is 1. The molecule has 0 spiro atoms. The van der Waals surface area contributed by atoms with Crippen LogP contribution >= 0.6 is 11.6 Å². The van der Waals surface area contributed by atoms with Crippen molar-refractivity contribution in [3.63, 3.8) is 0 Å². The monoisotopic (exact) mass is 310 g/mol. The molecule has 110 valence electrons. The SMILES string of the molecule is COc1ccc(B(O)O)c(COc2ccc(Cl)c(F)c2)c1. The van der Waals surface area contributed by atoms with Crippen molar-refractivity contribution in [1.82, 2.24) is 0 Å². The summed E-state index contributed by atoms with van der Waals surface area (Å²) in [6.45, 7) is 0.0330. The molecule has 4 nitrogen and oxygen atoms in total. The molecule has 0 aliphatic rings. The van der Waals surface area contributed by atoms with Crippen LogP contribution in [-0.4, -0.2) is 24.3 Å². The third-order valence-electron chi connectivity index (χ3n) is 2.91. The second kappa shape index (κ2) is 6.80. The number of hydrogen-bond acceptors (Lipinski definition) is 4. The third kappa shape index (κ3) is 3.88. The topological polar surface area (TPSA) is 58.9 Å². The van der Waals surface area contributed by atoms with Crippen LogP contribution in [0.5, 0.6) is 11.5 Å². The minimum atomic E-state index is -1.63. The van der Waals surface area contributed by atoms with Crippen molar-refractivity contribution in [2.24, 2.45) is 0 Å². The number of halogens is 2. The van der Waals surface area contributed by atoms with Crippen molar-refractivity contribution in [2.45, 2.75) is 6.61 Å². The van der Waals surface area contributed by atoms with Gasteiger partial charge in [0, 0.05) is 6.07 Å². The lowest BCUT2D eigenvalue weighted by Crippen LogP contribution is -2.33. The molecule has 0 saturated heterocycles. The first-order valence-corrected chi connectivity index (χ1v) is 6.50. The summed E-state index contributed by atoms with van der Waals surface area (Å²) in [4.78, 5) is 0. The second-order valence-corrected chi connectivity index (χ2v) is 4.71. The summed E-state index contributed by atoms with van der Waals surface area (Å²) in [6.07, 6.45) is 0. The van der Waals surface area contributed by atoms with Gasteiger partial charge in [-0.3, -0.25) is 0 Å². The first-order chi connectivity index (χ1) is 10.0. The highest BCUT2D eigenvalue weighted by Gasteiger charge is 2.17. The molecule has 0 radical (unpaired) electrons. The smallest absolute Gasteiger partial charge is 0.488 e. The number of hydrogen-bond donors (Lipinski definition) is 2. The lowest BCUT2D eigenvalue weighted by atomic mass is 9.77. The minimum absolute atomic E-state index is 0.00944. The van der Waals surface area contributed by atoms with E-state index in [2.05, 4.69) is 0 Å². The van der Waals surface area contributed by atoms with E-state index in [1.165, 1.54) is 25.3 Å². The van der Waals surface area contributed by atoms with Gasteiger partial charge in [0.2, 0.25) is 0 Å². The molecule has 7 heteroatoms. The molecule has 2 rings (SSSR count). The van der Waals surface area contributed by atoms with Gasteiger partial charge in [-0.05, 0) is 35.3 Å². The quantitative estimate of drug-likeness (QED) is 0.826. The van der Waals surface area contributed by atoms with Crippen molar-refractivity contribution in [1.29, 1.82) is 0 Å². The molecular formula is C14H13BClFO4. The normalized spacial score (nSPS) is 10.3. The van der Waals surface area contributed by atoms with Crippen LogP contribution in [-0.2, 0) is 6.61 Å². The van der Waals surface area contributed by atoms with Crippen LogP contribution in [0.1, 0.15) is 5.56 Å². The Kier molecular flexibility index (Phi) is 5.06. The van der Waals surface area contributed by atoms with E-state index in [0.717, 1.165) is 6.07 Å². The van der Waals surface area contributed by atoms with Crippen molar-refractivity contribution in [2.75, 3.05) is 7.11 Å². The summed E-state index contributed by atoms with van der Waals surface area (Å²) in [5, 5.41) is 18.7. The fourth-order valence-corrected chi connectivity index (χ4v) is 1.93. The molecule has 0 unspecified atom stereocenters. The minimum Gasteiger partial charge on any atom is -0.497 e. The summed E-state index contributed by atoms with van der Waals surface area (Å²) in [5.74, 6) is 0.264. The van der Waals surface area contributed by atoms with E-state index in [9.17, 15) is 14.4 Å². The Bertz CT molecular complexity index is 636. The van der Waals surface area contributed by atoms with Crippen LogP contribution in [0.15, 0.2) is 36.4 Å². The van der Waals surface area contributed by atoms with Gasteiger partial charge in [0.05, 0.1) is 12.1 Å². The Labute approximate surface area is 126 Å². The fraction of sp³-hybridized carbons (Fsp3) is 0.143. The van der Waals surface area contributed by atoms with Crippen molar-refractivity contribution in [3.05, 3.63) is 52.8 Å². The number of benzene rings is 2. The standard InChI is InChI=1S/C14H13BClFO4/c1-20-10-2-4-12(15(18)19)9(6-10)8-21-11-3-5-13(16)14(17)7-11/h2-7,18-19H,8H2,1H3. The van der Waals surface area contributed by atoms with E-state index in [-0.39, 0.29) is 17.4 Å². The summed E-state index contributed by atoms with van der Waals surface area (Å²) in [5.41, 5.74) is 0.824. The van der Waals surface area contributed by atoms with Gasteiger partial charge in [-0.2, -0.15) is 0 Å². The van der Waals surface area contributed by atoms with Crippen molar-refractivity contribution >= 4 is 24.2 Å². The average Bonchev–Trinajstić information content (AvgIpc) is 2.48. The van der Waals surface area contributed by atoms with Gasteiger partial charge in [0.1, 0.15) is 23.9 Å². The largest absolute Gasteiger partial charge is 0.497 e. The van der Waals surface area contributed by atoms with Crippen LogP contribution in [0.25, 0.3) is 0 Å². The number of rotatable bonds is 5. The third-order valence-corrected chi connectivity index (χ3v) is 3.22. The van der Waals surface area contributed by atoms with Gasteiger partial charge >= 0.3 is 7.12 Å². The van der Waals surface area contributed by atoms with E-state index < -0.39 is 12.9 Å². The molecule has 2 aromatic carbocycles. The van der Waals surface area contributed by atoms with E-state index in [0.29, 0.717) is 16.8 Å². The maximum Gasteiger partial charge on any atom is 0.488 e. The molecule has 0 bridgehead atoms. The Morgan fingerprint density at radius 3 is 2.48 bits per heavy atom. The molecule has 0 heterocycles. The van der Waals surface area contributed by atoms with Gasteiger partial charge in [0.15, 0.2) is 0 Å². The Morgan fingerprint density at radius 2 is 1.86 bits per heavy atom. The first-order valence-electron chi connectivity index (χ1n) is 6.12. The molecule has 0 fully saturated rings. The zero-order valence-corrected chi connectivity index (χ0v) is 12.0. The molecule has 2 N–H and O–H groups in total. The molecule has 0 aliphatic carbocycles. The zero-order valence-electron chi connectivity index (χ0n) is 11.2. The van der Waals surface area contributed by atoms with E-state index in [1.54, 1.807) is 12.1 Å². The molecule has 0 aromatic heterocycles. The van der Waals surface area contributed by atoms with E-state index in [1.807, 2.05) is 0 Å². The molecular weight excluding hydrogens is 297 g/mol. The average molecular weight is 311 g/mol. The highest BCUT2D eigenvalue weighted by Crippen LogP contribution is 2.21. The summed E-state index contributed by atoms with van der Waals surface area (Å²) in [6, 6.07) is 8.85. The van der Waals surface area contributed by atoms with Crippen LogP contribution in [0.2, 0.25) is 5.02 Å². The van der Waals surface area contributed by atoms with Crippen molar-refractivity contribution < 1.29 is 23.9 Å².